The molecule has 1 aromatic carbocycles. The van der Waals surface area contributed by atoms with Crippen molar-refractivity contribution < 1.29 is 8.78 Å². The number of benzene rings is 1. The van der Waals surface area contributed by atoms with Gasteiger partial charge in [0, 0.05) is 37.6 Å². The standard InChI is InChI=1S/C23H20ClF2N7O2S/c1-2-32-19-18(20(34)29-21(32)35)33(8-13-3-5-15(6-4-13)31-11-23(25,26)12-31)17(28-19)7-14-9-30-10-16(24)36-22(30)27-14/h3-6,9-10H,2,7-8,11-12H2,1H3,(H,29,34,35). The molecule has 186 valence electrons. The van der Waals surface area contributed by atoms with Gasteiger partial charge < -0.3 is 9.47 Å². The van der Waals surface area contributed by atoms with E-state index in [-0.39, 0.29) is 13.1 Å². The van der Waals surface area contributed by atoms with E-state index in [1.807, 2.05) is 29.7 Å². The summed E-state index contributed by atoms with van der Waals surface area (Å²) in [6, 6.07) is 7.28. The Morgan fingerprint density at radius 2 is 1.86 bits per heavy atom. The van der Waals surface area contributed by atoms with Gasteiger partial charge in [-0.2, -0.15) is 0 Å². The van der Waals surface area contributed by atoms with Gasteiger partial charge in [-0.05, 0) is 24.6 Å². The number of hydrogen-bond acceptors (Lipinski definition) is 6. The number of aryl methyl sites for hydroxylation is 1. The van der Waals surface area contributed by atoms with Gasteiger partial charge in [0.05, 0.1) is 18.8 Å². The number of alkyl halides is 2. The zero-order valence-corrected chi connectivity index (χ0v) is 20.6. The molecule has 0 bridgehead atoms. The predicted octanol–water partition coefficient (Wildman–Crippen LogP) is 3.36. The molecule has 1 aliphatic rings. The van der Waals surface area contributed by atoms with Crippen molar-refractivity contribution in [3.8, 4) is 0 Å². The van der Waals surface area contributed by atoms with Crippen molar-refractivity contribution in [2.24, 2.45) is 0 Å². The van der Waals surface area contributed by atoms with Crippen LogP contribution in [-0.2, 0) is 19.5 Å². The van der Waals surface area contributed by atoms with Gasteiger partial charge in [0.1, 0.15) is 10.2 Å². The lowest BCUT2D eigenvalue weighted by Crippen LogP contribution is -2.56. The molecule has 9 nitrogen and oxygen atoms in total. The summed E-state index contributed by atoms with van der Waals surface area (Å²) in [5, 5.41) is 0. The number of anilines is 1. The molecular weight excluding hydrogens is 512 g/mol. The largest absolute Gasteiger partial charge is 0.359 e. The summed E-state index contributed by atoms with van der Waals surface area (Å²) in [5.41, 5.74) is 1.89. The van der Waals surface area contributed by atoms with E-state index in [0.717, 1.165) is 21.9 Å². The number of aromatic nitrogens is 6. The van der Waals surface area contributed by atoms with Crippen LogP contribution in [0.15, 0.2) is 46.2 Å². The fourth-order valence-electron chi connectivity index (χ4n) is 4.57. The minimum atomic E-state index is -2.65. The summed E-state index contributed by atoms with van der Waals surface area (Å²) in [6.45, 7) is 1.88. The Morgan fingerprint density at radius 3 is 2.53 bits per heavy atom. The van der Waals surface area contributed by atoms with Gasteiger partial charge in [0.15, 0.2) is 16.1 Å². The van der Waals surface area contributed by atoms with Crippen molar-refractivity contribution in [2.75, 3.05) is 18.0 Å². The minimum Gasteiger partial charge on any atom is -0.359 e. The second-order valence-corrected chi connectivity index (χ2v) is 10.4. The lowest BCUT2D eigenvalue weighted by Gasteiger charge is -2.40. The highest BCUT2D eigenvalue weighted by Crippen LogP contribution is 2.32. The maximum atomic E-state index is 13.3. The number of thiazole rings is 1. The molecule has 1 saturated heterocycles. The van der Waals surface area contributed by atoms with E-state index in [2.05, 4.69) is 9.97 Å². The highest BCUT2D eigenvalue weighted by molar-refractivity contribution is 7.20. The second kappa shape index (κ2) is 8.27. The monoisotopic (exact) mass is 531 g/mol. The minimum absolute atomic E-state index is 0.292. The van der Waals surface area contributed by atoms with Gasteiger partial charge in [-0.15, -0.1) is 0 Å². The third kappa shape index (κ3) is 3.90. The van der Waals surface area contributed by atoms with Crippen molar-refractivity contribution in [1.82, 2.24) is 28.5 Å². The van der Waals surface area contributed by atoms with Crippen molar-refractivity contribution in [3.05, 3.63) is 78.9 Å². The quantitative estimate of drug-likeness (QED) is 0.363. The van der Waals surface area contributed by atoms with Crippen LogP contribution >= 0.6 is 22.9 Å². The third-order valence-corrected chi connectivity index (χ3v) is 7.40. The van der Waals surface area contributed by atoms with Crippen LogP contribution in [-0.4, -0.2) is 47.5 Å². The Hall–Kier alpha value is -3.51. The van der Waals surface area contributed by atoms with Crippen LogP contribution in [0.25, 0.3) is 16.1 Å². The van der Waals surface area contributed by atoms with Crippen LogP contribution in [0.1, 0.15) is 24.0 Å². The Kier molecular flexibility index (Phi) is 5.27. The first-order valence-electron chi connectivity index (χ1n) is 11.3. The fourth-order valence-corrected chi connectivity index (χ4v) is 5.60. The van der Waals surface area contributed by atoms with Gasteiger partial charge in [0.25, 0.3) is 11.5 Å². The number of hydrogen-bond donors (Lipinski definition) is 1. The fraction of sp³-hybridized carbons (Fsp3) is 0.304. The Balaban J connectivity index is 1.40. The number of H-pyrrole nitrogens is 1. The molecule has 6 rings (SSSR count). The smallest absolute Gasteiger partial charge is 0.330 e. The van der Waals surface area contributed by atoms with Crippen LogP contribution in [0, 0.1) is 0 Å². The maximum absolute atomic E-state index is 13.3. The molecule has 0 radical (unpaired) electrons. The molecule has 36 heavy (non-hydrogen) atoms. The summed E-state index contributed by atoms with van der Waals surface area (Å²) in [4.78, 5) is 39.3. The lowest BCUT2D eigenvalue weighted by molar-refractivity contribution is -0.0262. The normalized spacial score (nSPS) is 15.2. The van der Waals surface area contributed by atoms with E-state index in [4.69, 9.17) is 16.6 Å². The van der Waals surface area contributed by atoms with Gasteiger partial charge in [-0.25, -0.2) is 23.5 Å². The molecule has 1 fully saturated rings. The lowest BCUT2D eigenvalue weighted by atomic mass is 10.1. The molecule has 0 unspecified atom stereocenters. The van der Waals surface area contributed by atoms with E-state index in [0.29, 0.717) is 40.8 Å². The van der Waals surface area contributed by atoms with E-state index < -0.39 is 17.2 Å². The topological polar surface area (TPSA) is 93.2 Å². The van der Waals surface area contributed by atoms with E-state index in [9.17, 15) is 18.4 Å². The van der Waals surface area contributed by atoms with E-state index >= 15 is 0 Å². The molecule has 5 aromatic rings. The number of nitrogens with zero attached hydrogens (tertiary/aromatic N) is 6. The molecule has 0 saturated carbocycles. The van der Waals surface area contributed by atoms with Crippen LogP contribution in [0.3, 0.4) is 0 Å². The molecular formula is C23H20ClF2N7O2S. The van der Waals surface area contributed by atoms with Gasteiger partial charge in [0.2, 0.25) is 0 Å². The van der Waals surface area contributed by atoms with Crippen molar-refractivity contribution >= 4 is 44.7 Å². The van der Waals surface area contributed by atoms with Gasteiger partial charge in [-0.1, -0.05) is 35.1 Å². The van der Waals surface area contributed by atoms with Crippen LogP contribution in [0.5, 0.6) is 0 Å². The highest BCUT2D eigenvalue weighted by atomic mass is 35.5. The van der Waals surface area contributed by atoms with Crippen molar-refractivity contribution in [1.29, 1.82) is 0 Å². The molecule has 0 amide bonds. The summed E-state index contributed by atoms with van der Waals surface area (Å²) in [5.74, 6) is -2.07. The number of imidazole rings is 2. The number of rotatable bonds is 6. The van der Waals surface area contributed by atoms with Crippen molar-refractivity contribution in [2.45, 2.75) is 32.4 Å². The molecule has 13 heteroatoms. The number of nitrogens with one attached hydrogen (secondary N) is 1. The Morgan fingerprint density at radius 1 is 1.11 bits per heavy atom. The molecule has 4 aromatic heterocycles. The molecule has 1 aliphatic heterocycles. The third-order valence-electron chi connectivity index (χ3n) is 6.28. The summed E-state index contributed by atoms with van der Waals surface area (Å²) < 4.78 is 32.2. The summed E-state index contributed by atoms with van der Waals surface area (Å²) in [6.07, 6.45) is 3.96. The molecule has 0 aliphatic carbocycles. The summed E-state index contributed by atoms with van der Waals surface area (Å²) in [7, 11) is 0. The first-order valence-corrected chi connectivity index (χ1v) is 12.5. The maximum Gasteiger partial charge on any atom is 0.330 e. The average molecular weight is 532 g/mol. The average Bonchev–Trinajstić information content (AvgIpc) is 3.44. The van der Waals surface area contributed by atoms with Gasteiger partial charge in [-0.3, -0.25) is 18.7 Å². The second-order valence-electron chi connectivity index (χ2n) is 8.80. The Labute approximate surface area is 211 Å². The predicted molar refractivity (Wildman–Crippen MR) is 134 cm³/mol. The van der Waals surface area contributed by atoms with Crippen LogP contribution < -0.4 is 16.1 Å². The first-order chi connectivity index (χ1) is 17.2. The SMILES string of the molecule is CCn1c(=O)[nH]c(=O)c2c1nc(Cc1cn3cc(Cl)sc3n1)n2Cc1ccc(N2CC(F)(F)C2)cc1. The van der Waals surface area contributed by atoms with E-state index in [1.54, 1.807) is 27.8 Å². The zero-order valence-electron chi connectivity index (χ0n) is 19.0. The van der Waals surface area contributed by atoms with E-state index in [1.165, 1.54) is 15.9 Å². The molecule has 1 N–H and O–H groups in total. The molecule has 0 spiro atoms. The van der Waals surface area contributed by atoms with Crippen LogP contribution in [0.4, 0.5) is 14.5 Å². The number of fused-ring (bicyclic) bond motifs is 2. The van der Waals surface area contributed by atoms with Gasteiger partial charge >= 0.3 is 5.69 Å². The van der Waals surface area contributed by atoms with Crippen molar-refractivity contribution in [3.63, 3.8) is 0 Å². The zero-order chi connectivity index (χ0) is 25.2. The van der Waals surface area contributed by atoms with Crippen LogP contribution in [0.2, 0.25) is 4.34 Å². The Bertz CT molecular complexity index is 1690. The summed E-state index contributed by atoms with van der Waals surface area (Å²) >= 11 is 7.41. The molecule has 0 atom stereocenters. The highest BCUT2D eigenvalue weighted by Gasteiger charge is 2.43. The first kappa shape index (κ1) is 22.9. The number of halogens is 3. The molecule has 5 heterocycles. The number of aromatic amines is 1.